The Morgan fingerprint density at radius 2 is 2.00 bits per heavy atom. The van der Waals surface area contributed by atoms with Crippen molar-refractivity contribution in [2.75, 3.05) is 0 Å². The van der Waals surface area contributed by atoms with Gasteiger partial charge in [0.05, 0.1) is 0 Å². The van der Waals surface area contributed by atoms with Crippen LogP contribution in [0.15, 0.2) is 16.1 Å². The summed E-state index contributed by atoms with van der Waals surface area (Å²) in [5.74, 6) is 0. The third-order valence-corrected chi connectivity index (χ3v) is 1.29. The van der Waals surface area contributed by atoms with Crippen LogP contribution >= 0.6 is 15.9 Å². The Hall–Kier alpha value is -0.173. The van der Waals surface area contributed by atoms with E-state index < -0.39 is 0 Å². The molecule has 2 N–H and O–H groups in total. The van der Waals surface area contributed by atoms with Crippen LogP contribution in [0, 0.1) is 17.5 Å². The summed E-state index contributed by atoms with van der Waals surface area (Å²) in [5.41, 5.74) is 11.8. The summed E-state index contributed by atoms with van der Waals surface area (Å²) in [5, 5.41) is 6.51. The predicted molar refractivity (Wildman–Crippen MR) is 44.3 cm³/mol. The molecule has 0 rings (SSSR count). The van der Waals surface area contributed by atoms with Gasteiger partial charge in [0.2, 0.25) is 0 Å². The van der Waals surface area contributed by atoms with E-state index in [4.69, 9.17) is 23.1 Å². The number of nitrogens with one attached hydrogen (secondary N) is 2. The summed E-state index contributed by atoms with van der Waals surface area (Å²) in [6.45, 7) is 7.06. The van der Waals surface area contributed by atoms with E-state index in [0.717, 1.165) is 5.57 Å². The van der Waals surface area contributed by atoms with Crippen molar-refractivity contribution in [2.45, 2.75) is 6.92 Å². The molecule has 0 aromatic heterocycles. The Balaban J connectivity index is -0.000000196. The zero-order chi connectivity index (χ0) is 8.57. The van der Waals surface area contributed by atoms with Crippen molar-refractivity contribution in [1.29, 1.82) is 10.9 Å². The summed E-state index contributed by atoms with van der Waals surface area (Å²) in [7, 11) is 0. The first-order valence-corrected chi connectivity index (χ1v) is 3.07. The molecule has 0 bridgehead atoms. The summed E-state index contributed by atoms with van der Waals surface area (Å²) in [6, 6.07) is 0. The van der Waals surface area contributed by atoms with E-state index >= 15 is 0 Å². The summed E-state index contributed by atoms with van der Waals surface area (Å²) < 4.78 is 0.553. The Morgan fingerprint density at radius 3 is 2.09 bits per heavy atom. The monoisotopic (exact) mass is 207 g/mol. The number of allylic oxidation sites excluding steroid dienone is 3. The molecular formula is C6H7BrLiN3-2. The van der Waals surface area contributed by atoms with Crippen LogP contribution in [-0.2, 0) is 0 Å². The normalized spacial score (nSPS) is 8.36. The van der Waals surface area contributed by atoms with Gasteiger partial charge >= 0.3 is 18.9 Å². The van der Waals surface area contributed by atoms with E-state index in [0.29, 0.717) is 4.48 Å². The molecule has 0 aliphatic heterocycles. The van der Waals surface area contributed by atoms with E-state index in [9.17, 15) is 0 Å². The average molecular weight is 208 g/mol. The Labute approximate surface area is 87.1 Å². The van der Waals surface area contributed by atoms with E-state index in [1.807, 2.05) is 0 Å². The molecule has 0 spiro atoms. The first-order chi connectivity index (χ1) is 4.68. The molecule has 0 amide bonds. The van der Waals surface area contributed by atoms with E-state index in [2.05, 4.69) is 22.1 Å². The van der Waals surface area contributed by atoms with Gasteiger partial charge in [-0.25, -0.2) is 11.6 Å². The van der Waals surface area contributed by atoms with Gasteiger partial charge in [0, 0.05) is 0 Å². The van der Waals surface area contributed by atoms with Gasteiger partial charge in [-0.3, -0.25) is 6.58 Å². The van der Waals surface area contributed by atoms with E-state index in [1.165, 1.54) is 6.08 Å². The molecule has 0 saturated heterocycles. The first-order valence-electron chi connectivity index (χ1n) is 2.28. The average Bonchev–Trinajstić information content (AvgIpc) is 1.93. The van der Waals surface area contributed by atoms with Gasteiger partial charge in [-0.1, -0.05) is 15.9 Å². The fourth-order valence-electron chi connectivity index (χ4n) is 0.177. The smallest absolute Gasteiger partial charge is 0.715 e. The van der Waals surface area contributed by atoms with Crippen LogP contribution in [0.3, 0.4) is 0 Å². The fourth-order valence-corrected chi connectivity index (χ4v) is 0.292. The van der Waals surface area contributed by atoms with Crippen LogP contribution in [0.2, 0.25) is 0 Å². The molecule has 5 heteroatoms. The van der Waals surface area contributed by atoms with Crippen LogP contribution in [-0.4, -0.2) is 6.21 Å². The molecule has 0 radical (unpaired) electrons. The minimum atomic E-state index is 0. The SMILES string of the molecule is [CH-]=C(Br)/C(C)=C\[C-]=N.[Li+].[N-]=N. The summed E-state index contributed by atoms with van der Waals surface area (Å²) in [6.07, 6.45) is 3.60. The van der Waals surface area contributed by atoms with Crippen LogP contribution in [0.1, 0.15) is 6.92 Å². The van der Waals surface area contributed by atoms with Gasteiger partial charge < -0.3 is 16.5 Å². The predicted octanol–water partition coefficient (Wildman–Crippen LogP) is -0.238. The molecule has 0 aromatic rings. The van der Waals surface area contributed by atoms with Crippen LogP contribution < -0.4 is 18.9 Å². The van der Waals surface area contributed by atoms with E-state index in [1.54, 1.807) is 6.92 Å². The number of hydrogen-bond acceptors (Lipinski definition) is 2. The van der Waals surface area contributed by atoms with Gasteiger partial charge in [-0.15, -0.1) is 6.92 Å². The summed E-state index contributed by atoms with van der Waals surface area (Å²) in [4.78, 5) is 0. The van der Waals surface area contributed by atoms with Crippen molar-refractivity contribution in [3.05, 3.63) is 28.2 Å². The van der Waals surface area contributed by atoms with Crippen molar-refractivity contribution in [1.82, 2.24) is 0 Å². The molecule has 0 atom stereocenters. The Kier molecular flexibility index (Phi) is 19.4. The molecule has 0 fully saturated rings. The zero-order valence-corrected chi connectivity index (χ0v) is 8.07. The Bertz CT molecular complexity index is 156. The van der Waals surface area contributed by atoms with Gasteiger partial charge in [0.15, 0.2) is 0 Å². The minimum Gasteiger partial charge on any atom is -0.715 e. The zero-order valence-electron chi connectivity index (χ0n) is 6.48. The van der Waals surface area contributed by atoms with E-state index in [-0.39, 0.29) is 18.9 Å². The number of nitrogens with zero attached hydrogens (tertiary/aromatic N) is 1. The molecule has 0 aromatic carbocycles. The van der Waals surface area contributed by atoms with Crippen molar-refractivity contribution in [2.24, 2.45) is 0 Å². The molecule has 56 valence electrons. The van der Waals surface area contributed by atoms with Gasteiger partial charge in [0.1, 0.15) is 0 Å². The second-order valence-corrected chi connectivity index (χ2v) is 2.17. The summed E-state index contributed by atoms with van der Waals surface area (Å²) >= 11 is 3.04. The van der Waals surface area contributed by atoms with Crippen LogP contribution in [0.25, 0.3) is 5.53 Å². The maximum Gasteiger partial charge on any atom is 1.00 e. The molecule has 0 aliphatic rings. The standard InChI is InChI=1S/C6H6BrN.Li.HN2/c1-5(3-4-8)6(2)7;;1-2/h2-3,8H,1H3;;1H/q-2;+1;-1/b5-3-;;. The molecule has 3 nitrogen and oxygen atoms in total. The molecule has 11 heavy (non-hydrogen) atoms. The van der Waals surface area contributed by atoms with Crippen LogP contribution in [0.5, 0.6) is 0 Å². The third kappa shape index (κ3) is 12.9. The fraction of sp³-hybridized carbons (Fsp3) is 0.167. The second-order valence-electron chi connectivity index (χ2n) is 1.32. The van der Waals surface area contributed by atoms with Gasteiger partial charge in [-0.2, -0.15) is 10.7 Å². The molecule has 0 heterocycles. The number of hydrogen-bond donors (Lipinski definition) is 2. The van der Waals surface area contributed by atoms with Gasteiger partial charge in [-0.05, 0) is 0 Å². The first kappa shape index (κ1) is 17.1. The van der Waals surface area contributed by atoms with Crippen molar-refractivity contribution < 1.29 is 18.9 Å². The quantitative estimate of drug-likeness (QED) is 0.207. The third-order valence-electron chi connectivity index (χ3n) is 0.665. The minimum absolute atomic E-state index is 0. The number of halogens is 1. The van der Waals surface area contributed by atoms with Crippen molar-refractivity contribution in [3.63, 3.8) is 0 Å². The Morgan fingerprint density at radius 1 is 1.64 bits per heavy atom. The molecule has 0 aliphatic carbocycles. The molecule has 0 saturated carbocycles. The molecular weight excluding hydrogens is 201 g/mol. The maximum absolute atomic E-state index is 6.51. The second kappa shape index (κ2) is 12.5. The van der Waals surface area contributed by atoms with Gasteiger partial charge in [0.25, 0.3) is 0 Å². The number of rotatable bonds is 2. The largest absolute Gasteiger partial charge is 1.00 e. The topological polar surface area (TPSA) is 70.0 Å². The molecule has 0 unspecified atom stereocenters. The van der Waals surface area contributed by atoms with Crippen LogP contribution in [0.4, 0.5) is 0 Å². The maximum atomic E-state index is 6.51. The van der Waals surface area contributed by atoms with Crippen molar-refractivity contribution >= 4 is 22.1 Å². The van der Waals surface area contributed by atoms with Crippen molar-refractivity contribution in [3.8, 4) is 0 Å².